The van der Waals surface area contributed by atoms with Gasteiger partial charge >= 0.3 is 0 Å². The molecule has 0 aliphatic rings. The molecule has 1 aromatic heterocycles. The van der Waals surface area contributed by atoms with E-state index in [1.807, 2.05) is 30.5 Å². The molecule has 2 aromatic rings. The van der Waals surface area contributed by atoms with Crippen LogP contribution in [0.5, 0.6) is 0 Å². The molecule has 15 heavy (non-hydrogen) atoms. The van der Waals surface area contributed by atoms with E-state index in [0.717, 1.165) is 16.7 Å². The molecule has 0 saturated heterocycles. The third kappa shape index (κ3) is 2.64. The largest absolute Gasteiger partial charge is 0.325 e. The highest BCUT2D eigenvalue weighted by molar-refractivity contribution is 9.10. The molecule has 4 nitrogen and oxygen atoms in total. The lowest BCUT2D eigenvalue weighted by Gasteiger charge is -2.00. The number of rotatable bonds is 3. The first-order valence-electron chi connectivity index (χ1n) is 4.61. The van der Waals surface area contributed by atoms with Crippen molar-refractivity contribution in [1.82, 2.24) is 15.0 Å². The molecule has 5 heteroatoms. The van der Waals surface area contributed by atoms with Gasteiger partial charge in [-0.2, -0.15) is 0 Å². The second-order valence-corrected chi connectivity index (χ2v) is 4.15. The maximum Gasteiger partial charge on any atom is 0.0962 e. The lowest BCUT2D eigenvalue weighted by molar-refractivity contribution is 0.649. The van der Waals surface area contributed by atoms with Crippen LogP contribution in [0.3, 0.4) is 0 Å². The van der Waals surface area contributed by atoms with Crippen molar-refractivity contribution < 1.29 is 0 Å². The number of hydrogen-bond acceptors (Lipinski definition) is 3. The Hall–Kier alpha value is -1.20. The molecule has 2 N–H and O–H groups in total. The maximum absolute atomic E-state index is 5.45. The van der Waals surface area contributed by atoms with E-state index in [9.17, 15) is 0 Å². The molecule has 0 aliphatic carbocycles. The normalized spacial score (nSPS) is 10.5. The van der Waals surface area contributed by atoms with Gasteiger partial charge in [-0.05, 0) is 17.7 Å². The monoisotopic (exact) mass is 266 g/mol. The van der Waals surface area contributed by atoms with Crippen molar-refractivity contribution >= 4 is 15.9 Å². The topological polar surface area (TPSA) is 56.7 Å². The summed E-state index contributed by atoms with van der Waals surface area (Å²) in [5.74, 6) is 0. The molecule has 0 unspecified atom stereocenters. The molecule has 2 rings (SSSR count). The van der Waals surface area contributed by atoms with Crippen molar-refractivity contribution in [3.8, 4) is 0 Å². The fraction of sp³-hybridized carbons (Fsp3) is 0.200. The van der Waals surface area contributed by atoms with Crippen LogP contribution in [0, 0.1) is 0 Å². The molecule has 0 bridgehead atoms. The zero-order valence-corrected chi connectivity index (χ0v) is 9.68. The van der Waals surface area contributed by atoms with Crippen LogP contribution in [-0.4, -0.2) is 15.0 Å². The lowest BCUT2D eigenvalue weighted by Crippen LogP contribution is -2.00. The Kier molecular flexibility index (Phi) is 3.13. The van der Waals surface area contributed by atoms with Gasteiger partial charge in [0.15, 0.2) is 0 Å². The minimum atomic E-state index is 0.431. The highest BCUT2D eigenvalue weighted by atomic mass is 79.9. The summed E-state index contributed by atoms with van der Waals surface area (Å²) in [4.78, 5) is 0. The smallest absolute Gasteiger partial charge is 0.0962 e. The Balaban J connectivity index is 2.11. The molecule has 0 atom stereocenters. The van der Waals surface area contributed by atoms with E-state index >= 15 is 0 Å². The molecule has 0 radical (unpaired) electrons. The van der Waals surface area contributed by atoms with Gasteiger partial charge in [0.2, 0.25) is 0 Å². The Morgan fingerprint density at radius 1 is 1.27 bits per heavy atom. The number of benzene rings is 1. The first-order valence-corrected chi connectivity index (χ1v) is 5.41. The number of nitrogens with zero attached hydrogens (tertiary/aromatic N) is 3. The van der Waals surface area contributed by atoms with Gasteiger partial charge < -0.3 is 5.73 Å². The maximum atomic E-state index is 5.45. The van der Waals surface area contributed by atoms with Gasteiger partial charge in [0.05, 0.1) is 18.4 Å². The first-order chi connectivity index (χ1) is 7.28. The van der Waals surface area contributed by atoms with E-state index < -0.39 is 0 Å². The Morgan fingerprint density at radius 3 is 2.60 bits per heavy atom. The molecule has 0 fully saturated rings. The van der Waals surface area contributed by atoms with Crippen LogP contribution < -0.4 is 5.73 Å². The van der Waals surface area contributed by atoms with Crippen molar-refractivity contribution in [2.75, 3.05) is 0 Å². The van der Waals surface area contributed by atoms with E-state index in [-0.39, 0.29) is 0 Å². The minimum Gasteiger partial charge on any atom is -0.325 e. The molecule has 0 aliphatic heterocycles. The second-order valence-electron chi connectivity index (χ2n) is 3.24. The van der Waals surface area contributed by atoms with Gasteiger partial charge in [-0.25, -0.2) is 4.68 Å². The van der Waals surface area contributed by atoms with Gasteiger partial charge in [0.25, 0.3) is 0 Å². The standard InChI is InChI=1S/C10H11BrN4/c11-9-3-1-8(2-4-9)6-15-7-10(5-12)13-14-15/h1-4,7H,5-6,12H2. The zero-order valence-electron chi connectivity index (χ0n) is 8.10. The fourth-order valence-corrected chi connectivity index (χ4v) is 1.55. The molecular weight excluding hydrogens is 256 g/mol. The Labute approximate surface area is 96.2 Å². The SMILES string of the molecule is NCc1cn(Cc2ccc(Br)cc2)nn1. The van der Waals surface area contributed by atoms with Crippen LogP contribution >= 0.6 is 15.9 Å². The van der Waals surface area contributed by atoms with Crippen LogP contribution in [0.15, 0.2) is 34.9 Å². The Bertz CT molecular complexity index is 435. The second kappa shape index (κ2) is 4.55. The van der Waals surface area contributed by atoms with Crippen molar-refractivity contribution in [3.63, 3.8) is 0 Å². The van der Waals surface area contributed by atoms with Crippen molar-refractivity contribution in [1.29, 1.82) is 0 Å². The van der Waals surface area contributed by atoms with Crippen LogP contribution in [0.2, 0.25) is 0 Å². The average Bonchev–Trinajstić information content (AvgIpc) is 2.69. The zero-order chi connectivity index (χ0) is 10.7. The van der Waals surface area contributed by atoms with Gasteiger partial charge in [0.1, 0.15) is 0 Å². The highest BCUT2D eigenvalue weighted by Crippen LogP contribution is 2.11. The summed E-state index contributed by atoms with van der Waals surface area (Å²) in [6, 6.07) is 8.12. The van der Waals surface area contributed by atoms with E-state index in [1.165, 1.54) is 5.56 Å². The van der Waals surface area contributed by atoms with Crippen molar-refractivity contribution in [2.45, 2.75) is 13.1 Å². The first kappa shape index (κ1) is 10.3. The van der Waals surface area contributed by atoms with Crippen LogP contribution in [0.25, 0.3) is 0 Å². The van der Waals surface area contributed by atoms with Crippen LogP contribution in [0.4, 0.5) is 0 Å². The molecule has 1 aromatic carbocycles. The number of nitrogens with two attached hydrogens (primary N) is 1. The van der Waals surface area contributed by atoms with Gasteiger partial charge in [-0.1, -0.05) is 33.3 Å². The van der Waals surface area contributed by atoms with Gasteiger partial charge in [0, 0.05) is 11.0 Å². The Morgan fingerprint density at radius 2 is 2.00 bits per heavy atom. The fourth-order valence-electron chi connectivity index (χ4n) is 1.29. The quantitative estimate of drug-likeness (QED) is 0.917. The molecule has 1 heterocycles. The van der Waals surface area contributed by atoms with E-state index in [1.54, 1.807) is 4.68 Å². The average molecular weight is 267 g/mol. The van der Waals surface area contributed by atoms with E-state index in [0.29, 0.717) is 6.54 Å². The van der Waals surface area contributed by atoms with Crippen LogP contribution in [-0.2, 0) is 13.1 Å². The molecular formula is C10H11BrN4. The predicted molar refractivity (Wildman–Crippen MR) is 61.2 cm³/mol. The summed E-state index contributed by atoms with van der Waals surface area (Å²) in [5.41, 5.74) is 7.45. The number of aromatic nitrogens is 3. The summed E-state index contributed by atoms with van der Waals surface area (Å²) >= 11 is 3.39. The summed E-state index contributed by atoms with van der Waals surface area (Å²) in [5, 5.41) is 7.91. The van der Waals surface area contributed by atoms with Crippen LogP contribution in [0.1, 0.15) is 11.3 Å². The lowest BCUT2D eigenvalue weighted by atomic mass is 10.2. The van der Waals surface area contributed by atoms with Crippen molar-refractivity contribution in [2.24, 2.45) is 5.73 Å². The van der Waals surface area contributed by atoms with Gasteiger partial charge in [-0.3, -0.25) is 0 Å². The summed E-state index contributed by atoms with van der Waals surface area (Å²) < 4.78 is 2.86. The molecule has 0 spiro atoms. The third-order valence-corrected chi connectivity index (χ3v) is 2.58. The minimum absolute atomic E-state index is 0.431. The summed E-state index contributed by atoms with van der Waals surface area (Å²) in [6.07, 6.45) is 1.86. The van der Waals surface area contributed by atoms with Crippen molar-refractivity contribution in [3.05, 3.63) is 46.2 Å². The molecule has 0 saturated carbocycles. The highest BCUT2D eigenvalue weighted by Gasteiger charge is 1.99. The summed E-state index contributed by atoms with van der Waals surface area (Å²) in [7, 11) is 0. The third-order valence-electron chi connectivity index (χ3n) is 2.05. The predicted octanol–water partition coefficient (Wildman–Crippen LogP) is 1.55. The number of halogens is 1. The van der Waals surface area contributed by atoms with E-state index in [2.05, 4.69) is 26.2 Å². The van der Waals surface area contributed by atoms with Gasteiger partial charge in [-0.15, -0.1) is 5.10 Å². The van der Waals surface area contributed by atoms with E-state index in [4.69, 9.17) is 5.73 Å². The number of hydrogen-bond donors (Lipinski definition) is 1. The molecule has 0 amide bonds. The molecule has 78 valence electrons. The summed E-state index contributed by atoms with van der Waals surface area (Å²) in [6.45, 7) is 1.15.